The minimum atomic E-state index is 0.0169. The van der Waals surface area contributed by atoms with E-state index >= 15 is 0 Å². The first-order valence-electron chi connectivity index (χ1n) is 6.94. The lowest BCUT2D eigenvalue weighted by atomic mass is 9.89. The van der Waals surface area contributed by atoms with Crippen LogP contribution in [-0.2, 0) is 12.0 Å². The summed E-state index contributed by atoms with van der Waals surface area (Å²) >= 11 is 0. The van der Waals surface area contributed by atoms with Gasteiger partial charge in [-0.1, -0.05) is 20.8 Å². The Morgan fingerprint density at radius 2 is 1.71 bits per heavy atom. The Bertz CT molecular complexity index is 578. The molecule has 0 radical (unpaired) electrons. The van der Waals surface area contributed by atoms with Crippen LogP contribution in [0.25, 0.3) is 0 Å². The lowest BCUT2D eigenvalue weighted by Gasteiger charge is -2.18. The topological polar surface area (TPSA) is 59.2 Å². The summed E-state index contributed by atoms with van der Waals surface area (Å²) < 4.78 is 10.5. The molecule has 0 saturated carbocycles. The fraction of sp³-hybridized carbons (Fsp3) is 0.438. The van der Waals surface area contributed by atoms with Crippen LogP contribution in [0.5, 0.6) is 11.5 Å². The van der Waals surface area contributed by atoms with Gasteiger partial charge in [-0.05, 0) is 0 Å². The predicted octanol–water partition coefficient (Wildman–Crippen LogP) is 3.34. The zero-order valence-corrected chi connectivity index (χ0v) is 13.3. The third kappa shape index (κ3) is 3.68. The van der Waals surface area contributed by atoms with Crippen molar-refractivity contribution in [3.8, 4) is 11.5 Å². The number of hydrogen-bond acceptors (Lipinski definition) is 4. The van der Waals surface area contributed by atoms with Crippen molar-refractivity contribution in [2.45, 2.75) is 32.7 Å². The van der Waals surface area contributed by atoms with Gasteiger partial charge in [-0.25, -0.2) is 0 Å². The van der Waals surface area contributed by atoms with Gasteiger partial charge >= 0.3 is 0 Å². The van der Waals surface area contributed by atoms with Crippen molar-refractivity contribution in [2.24, 2.45) is 0 Å². The fourth-order valence-corrected chi connectivity index (χ4v) is 2.21. The van der Waals surface area contributed by atoms with Crippen molar-refractivity contribution >= 4 is 5.69 Å². The maximum atomic E-state index is 5.27. The lowest BCUT2D eigenvalue weighted by molar-refractivity contribution is 0.394. The van der Waals surface area contributed by atoms with Crippen molar-refractivity contribution in [1.82, 2.24) is 10.2 Å². The van der Waals surface area contributed by atoms with Gasteiger partial charge in [-0.3, -0.25) is 5.10 Å². The number of methoxy groups -OCH3 is 2. The van der Waals surface area contributed by atoms with Crippen molar-refractivity contribution in [1.29, 1.82) is 0 Å². The average Bonchev–Trinajstić information content (AvgIpc) is 2.93. The first kappa shape index (κ1) is 15.2. The number of benzene rings is 1. The van der Waals surface area contributed by atoms with Crippen LogP contribution >= 0.6 is 0 Å². The highest BCUT2D eigenvalue weighted by Crippen LogP contribution is 2.27. The third-order valence-corrected chi connectivity index (χ3v) is 3.26. The molecule has 5 nitrogen and oxygen atoms in total. The van der Waals surface area contributed by atoms with Gasteiger partial charge in [-0.15, -0.1) is 0 Å². The molecule has 0 aliphatic rings. The van der Waals surface area contributed by atoms with Crippen molar-refractivity contribution in [2.75, 3.05) is 19.5 Å². The highest BCUT2D eigenvalue weighted by atomic mass is 16.5. The van der Waals surface area contributed by atoms with Crippen LogP contribution in [-0.4, -0.2) is 24.4 Å². The Kier molecular flexibility index (Phi) is 4.40. The number of nitrogens with one attached hydrogen (secondary N) is 2. The second-order valence-electron chi connectivity index (χ2n) is 5.96. The zero-order chi connectivity index (χ0) is 15.5. The molecule has 0 fully saturated rings. The highest BCUT2D eigenvalue weighted by molar-refractivity contribution is 5.54. The molecule has 0 bridgehead atoms. The molecular formula is C16H23N3O2. The van der Waals surface area contributed by atoms with Gasteiger partial charge in [0, 0.05) is 47.6 Å². The monoisotopic (exact) mass is 289 g/mol. The molecule has 0 unspecified atom stereocenters. The number of anilines is 1. The van der Waals surface area contributed by atoms with Gasteiger partial charge in [0.05, 0.1) is 19.9 Å². The van der Waals surface area contributed by atoms with E-state index in [4.69, 9.17) is 9.47 Å². The maximum Gasteiger partial charge on any atom is 0.124 e. The normalized spacial score (nSPS) is 11.3. The van der Waals surface area contributed by atoms with E-state index in [-0.39, 0.29) is 5.41 Å². The van der Waals surface area contributed by atoms with Gasteiger partial charge in [-0.2, -0.15) is 5.10 Å². The fourth-order valence-electron chi connectivity index (χ4n) is 2.21. The summed E-state index contributed by atoms with van der Waals surface area (Å²) in [5.41, 5.74) is 3.20. The van der Waals surface area contributed by atoms with E-state index in [0.29, 0.717) is 6.54 Å². The van der Waals surface area contributed by atoms with E-state index in [1.807, 2.05) is 24.4 Å². The smallest absolute Gasteiger partial charge is 0.124 e. The molecule has 2 rings (SSSR count). The number of ether oxygens (including phenoxy) is 2. The van der Waals surface area contributed by atoms with Crippen molar-refractivity contribution in [3.05, 3.63) is 35.7 Å². The first-order valence-corrected chi connectivity index (χ1v) is 6.94. The van der Waals surface area contributed by atoms with Gasteiger partial charge in [0.1, 0.15) is 11.5 Å². The summed E-state index contributed by atoms with van der Waals surface area (Å²) in [5.74, 6) is 1.53. The quantitative estimate of drug-likeness (QED) is 0.886. The van der Waals surface area contributed by atoms with Crippen LogP contribution in [0.2, 0.25) is 0 Å². The lowest BCUT2D eigenvalue weighted by Crippen LogP contribution is -2.15. The van der Waals surface area contributed by atoms with Crippen LogP contribution < -0.4 is 14.8 Å². The molecule has 0 aliphatic heterocycles. The number of hydrogen-bond donors (Lipinski definition) is 2. The minimum absolute atomic E-state index is 0.0169. The Labute approximate surface area is 125 Å². The molecule has 1 aromatic heterocycles. The van der Waals surface area contributed by atoms with E-state index in [1.165, 1.54) is 0 Å². The second kappa shape index (κ2) is 6.08. The van der Waals surface area contributed by atoms with E-state index in [0.717, 1.165) is 28.4 Å². The molecule has 21 heavy (non-hydrogen) atoms. The van der Waals surface area contributed by atoms with Gasteiger partial charge in [0.25, 0.3) is 0 Å². The molecule has 0 aliphatic carbocycles. The molecule has 5 heteroatoms. The number of H-pyrrole nitrogens is 1. The summed E-state index contributed by atoms with van der Waals surface area (Å²) in [7, 11) is 3.29. The Morgan fingerprint density at radius 3 is 2.24 bits per heavy atom. The molecule has 0 spiro atoms. The predicted molar refractivity (Wildman–Crippen MR) is 84.2 cm³/mol. The summed E-state index contributed by atoms with van der Waals surface area (Å²) in [6.45, 7) is 7.16. The average molecular weight is 289 g/mol. The van der Waals surface area contributed by atoms with Crippen molar-refractivity contribution in [3.63, 3.8) is 0 Å². The van der Waals surface area contributed by atoms with Crippen LogP contribution in [0.1, 0.15) is 32.0 Å². The highest BCUT2D eigenvalue weighted by Gasteiger charge is 2.20. The Hall–Kier alpha value is -2.17. The van der Waals surface area contributed by atoms with Gasteiger partial charge in [0.15, 0.2) is 0 Å². The van der Waals surface area contributed by atoms with Crippen molar-refractivity contribution < 1.29 is 9.47 Å². The van der Waals surface area contributed by atoms with Gasteiger partial charge in [0.2, 0.25) is 0 Å². The minimum Gasteiger partial charge on any atom is -0.497 e. The summed E-state index contributed by atoms with van der Waals surface area (Å²) in [5, 5.41) is 10.7. The maximum absolute atomic E-state index is 5.27. The Balaban J connectivity index is 2.15. The molecule has 0 amide bonds. The van der Waals surface area contributed by atoms with Crippen LogP contribution in [0.15, 0.2) is 24.4 Å². The SMILES string of the molecule is COc1cc(NCc2c[nH]nc2C(C)(C)C)cc(OC)c1. The number of rotatable bonds is 5. The second-order valence-corrected chi connectivity index (χ2v) is 5.96. The molecule has 114 valence electrons. The zero-order valence-electron chi connectivity index (χ0n) is 13.3. The van der Waals surface area contributed by atoms with Crippen LogP contribution in [0.3, 0.4) is 0 Å². The third-order valence-electron chi connectivity index (χ3n) is 3.26. The van der Waals surface area contributed by atoms with E-state index < -0.39 is 0 Å². The number of aromatic amines is 1. The largest absolute Gasteiger partial charge is 0.497 e. The summed E-state index contributed by atoms with van der Waals surface area (Å²) in [6.07, 6.45) is 1.94. The molecule has 1 heterocycles. The molecular weight excluding hydrogens is 266 g/mol. The summed E-state index contributed by atoms with van der Waals surface area (Å²) in [6, 6.07) is 5.74. The molecule has 1 aromatic carbocycles. The van der Waals surface area contributed by atoms with Gasteiger partial charge < -0.3 is 14.8 Å². The van der Waals surface area contributed by atoms with E-state index in [1.54, 1.807) is 14.2 Å². The summed E-state index contributed by atoms with van der Waals surface area (Å²) in [4.78, 5) is 0. The molecule has 0 atom stereocenters. The number of nitrogens with zero attached hydrogens (tertiary/aromatic N) is 1. The molecule has 2 N–H and O–H groups in total. The standard InChI is InChI=1S/C16H23N3O2/c1-16(2,3)15-11(10-18-19-15)9-17-12-6-13(20-4)8-14(7-12)21-5/h6-8,10,17H,9H2,1-5H3,(H,18,19). The number of aromatic nitrogens is 2. The van der Waals surface area contributed by atoms with Crippen LogP contribution in [0, 0.1) is 0 Å². The molecule has 2 aromatic rings. The van der Waals surface area contributed by atoms with E-state index in [9.17, 15) is 0 Å². The first-order chi connectivity index (χ1) is 9.94. The van der Waals surface area contributed by atoms with Crippen LogP contribution in [0.4, 0.5) is 5.69 Å². The molecule has 0 saturated heterocycles. The van der Waals surface area contributed by atoms with E-state index in [2.05, 4.69) is 36.3 Å². The Morgan fingerprint density at radius 1 is 1.10 bits per heavy atom.